The minimum atomic E-state index is -0.101. The second-order valence-electron chi connectivity index (χ2n) is 7.22. The van der Waals surface area contributed by atoms with Crippen molar-refractivity contribution in [1.82, 2.24) is 25.4 Å². The number of hydrogen-bond donors (Lipinski definition) is 2. The van der Waals surface area contributed by atoms with Gasteiger partial charge in [-0.1, -0.05) is 6.07 Å². The molecule has 7 heteroatoms. The van der Waals surface area contributed by atoms with Crippen molar-refractivity contribution in [1.29, 1.82) is 0 Å². The molecule has 0 bridgehead atoms. The van der Waals surface area contributed by atoms with Crippen LogP contribution in [-0.2, 0) is 16.1 Å². The van der Waals surface area contributed by atoms with Crippen molar-refractivity contribution in [2.75, 3.05) is 6.54 Å². The van der Waals surface area contributed by atoms with E-state index >= 15 is 0 Å². The predicted octanol–water partition coefficient (Wildman–Crippen LogP) is 2.08. The lowest BCUT2D eigenvalue weighted by atomic mass is 9.77. The summed E-state index contributed by atoms with van der Waals surface area (Å²) in [6.07, 6.45) is 9.32. The SMILES string of the molecule is CC(=O)NCC1CCC([C@H](NC(=O)Cn2cccn2)c2ccccn2)CC1. The first-order chi connectivity index (χ1) is 13.1. The number of hydrogen-bond acceptors (Lipinski definition) is 4. The zero-order valence-electron chi connectivity index (χ0n) is 15.7. The summed E-state index contributed by atoms with van der Waals surface area (Å²) in [7, 11) is 0. The fourth-order valence-electron chi connectivity index (χ4n) is 3.77. The molecule has 2 heterocycles. The predicted molar refractivity (Wildman–Crippen MR) is 101 cm³/mol. The Bertz CT molecular complexity index is 724. The smallest absolute Gasteiger partial charge is 0.242 e. The van der Waals surface area contributed by atoms with Gasteiger partial charge in [0.25, 0.3) is 0 Å². The maximum absolute atomic E-state index is 12.5. The third-order valence-electron chi connectivity index (χ3n) is 5.19. The first kappa shape index (κ1) is 19.1. The zero-order valence-corrected chi connectivity index (χ0v) is 15.7. The van der Waals surface area contributed by atoms with E-state index < -0.39 is 0 Å². The van der Waals surface area contributed by atoms with Gasteiger partial charge >= 0.3 is 0 Å². The number of carbonyl (C=O) groups excluding carboxylic acids is 2. The molecule has 2 N–H and O–H groups in total. The van der Waals surface area contributed by atoms with Crippen LogP contribution in [0.4, 0.5) is 0 Å². The Morgan fingerprint density at radius 1 is 1.19 bits per heavy atom. The molecule has 0 saturated heterocycles. The van der Waals surface area contributed by atoms with E-state index in [4.69, 9.17) is 0 Å². The fourth-order valence-corrected chi connectivity index (χ4v) is 3.77. The molecule has 0 unspecified atom stereocenters. The first-order valence-corrected chi connectivity index (χ1v) is 9.54. The van der Waals surface area contributed by atoms with Crippen LogP contribution in [0.3, 0.4) is 0 Å². The maximum Gasteiger partial charge on any atom is 0.242 e. The van der Waals surface area contributed by atoms with Crippen LogP contribution in [0.5, 0.6) is 0 Å². The number of nitrogens with one attached hydrogen (secondary N) is 2. The van der Waals surface area contributed by atoms with E-state index in [-0.39, 0.29) is 24.4 Å². The van der Waals surface area contributed by atoms with Crippen LogP contribution in [-0.4, -0.2) is 33.1 Å². The summed E-state index contributed by atoms with van der Waals surface area (Å²) in [6.45, 7) is 2.49. The monoisotopic (exact) mass is 369 g/mol. The summed E-state index contributed by atoms with van der Waals surface area (Å²) in [5, 5.41) is 10.2. The number of pyridine rings is 1. The third-order valence-corrected chi connectivity index (χ3v) is 5.19. The Labute approximate surface area is 159 Å². The molecule has 27 heavy (non-hydrogen) atoms. The van der Waals surface area contributed by atoms with Gasteiger partial charge in [-0.3, -0.25) is 19.3 Å². The van der Waals surface area contributed by atoms with Crippen LogP contribution in [0.15, 0.2) is 42.9 Å². The number of nitrogens with zero attached hydrogens (tertiary/aromatic N) is 3. The van der Waals surface area contributed by atoms with Crippen LogP contribution < -0.4 is 10.6 Å². The van der Waals surface area contributed by atoms with Gasteiger partial charge in [0.2, 0.25) is 11.8 Å². The Morgan fingerprint density at radius 2 is 2.00 bits per heavy atom. The third kappa shape index (κ3) is 5.64. The van der Waals surface area contributed by atoms with E-state index in [1.54, 1.807) is 36.3 Å². The van der Waals surface area contributed by atoms with E-state index in [0.29, 0.717) is 11.8 Å². The summed E-state index contributed by atoms with van der Waals surface area (Å²) < 4.78 is 1.62. The van der Waals surface area contributed by atoms with Crippen molar-refractivity contribution in [3.05, 3.63) is 48.5 Å². The van der Waals surface area contributed by atoms with Gasteiger partial charge in [0.1, 0.15) is 6.54 Å². The molecule has 2 amide bonds. The van der Waals surface area contributed by atoms with E-state index in [9.17, 15) is 9.59 Å². The summed E-state index contributed by atoms with van der Waals surface area (Å²) in [5.41, 5.74) is 0.900. The van der Waals surface area contributed by atoms with Gasteiger partial charge in [0.05, 0.1) is 11.7 Å². The molecule has 1 aliphatic rings. The van der Waals surface area contributed by atoms with E-state index in [1.165, 1.54) is 0 Å². The Balaban J connectivity index is 1.62. The number of amides is 2. The fraction of sp³-hybridized carbons (Fsp3) is 0.500. The number of carbonyl (C=O) groups is 2. The van der Waals surface area contributed by atoms with Crippen LogP contribution in [0, 0.1) is 11.8 Å². The Kier molecular flexibility index (Phi) is 6.57. The average Bonchev–Trinajstić information content (AvgIpc) is 3.18. The van der Waals surface area contributed by atoms with Crippen molar-refractivity contribution in [2.45, 2.75) is 45.2 Å². The van der Waals surface area contributed by atoms with Crippen LogP contribution >= 0.6 is 0 Å². The van der Waals surface area contributed by atoms with Crippen LogP contribution in [0.1, 0.15) is 44.3 Å². The summed E-state index contributed by atoms with van der Waals surface area (Å²) >= 11 is 0. The lowest BCUT2D eigenvalue weighted by molar-refractivity contribution is -0.123. The van der Waals surface area contributed by atoms with Crippen molar-refractivity contribution < 1.29 is 9.59 Å². The van der Waals surface area contributed by atoms with Gasteiger partial charge in [0, 0.05) is 32.1 Å². The van der Waals surface area contributed by atoms with Gasteiger partial charge in [-0.05, 0) is 55.7 Å². The van der Waals surface area contributed by atoms with Gasteiger partial charge < -0.3 is 10.6 Å². The van der Waals surface area contributed by atoms with Gasteiger partial charge in [-0.2, -0.15) is 5.10 Å². The molecule has 1 fully saturated rings. The molecule has 1 atom stereocenters. The van der Waals surface area contributed by atoms with Crippen LogP contribution in [0.2, 0.25) is 0 Å². The minimum absolute atomic E-state index is 0.0226. The zero-order chi connectivity index (χ0) is 19.1. The standard InChI is InChI=1S/C20H27N5O2/c1-15(26)22-13-16-6-8-17(9-7-16)20(18-5-2-3-10-21-18)24-19(27)14-25-12-4-11-23-25/h2-5,10-12,16-17,20H,6-9,13-14H2,1H3,(H,22,26)(H,24,27)/t16?,17?,20-/m0/s1. The summed E-state index contributed by atoms with van der Waals surface area (Å²) in [4.78, 5) is 28.1. The molecule has 0 spiro atoms. The molecule has 0 aromatic carbocycles. The Morgan fingerprint density at radius 3 is 2.63 bits per heavy atom. The van der Waals surface area contributed by atoms with Gasteiger partial charge in [-0.25, -0.2) is 0 Å². The van der Waals surface area contributed by atoms with Crippen molar-refractivity contribution in [3.63, 3.8) is 0 Å². The van der Waals surface area contributed by atoms with E-state index in [0.717, 1.165) is 37.9 Å². The lowest BCUT2D eigenvalue weighted by Crippen LogP contribution is -2.38. The normalized spacial score (nSPS) is 20.6. The average molecular weight is 369 g/mol. The molecular weight excluding hydrogens is 342 g/mol. The topological polar surface area (TPSA) is 88.9 Å². The molecular formula is C20H27N5O2. The Hall–Kier alpha value is -2.70. The lowest BCUT2D eigenvalue weighted by Gasteiger charge is -2.34. The molecule has 7 nitrogen and oxygen atoms in total. The van der Waals surface area contributed by atoms with Crippen molar-refractivity contribution in [2.24, 2.45) is 11.8 Å². The van der Waals surface area contributed by atoms with Gasteiger partial charge in [-0.15, -0.1) is 0 Å². The molecule has 144 valence electrons. The van der Waals surface area contributed by atoms with E-state index in [2.05, 4.69) is 20.7 Å². The van der Waals surface area contributed by atoms with Crippen molar-refractivity contribution >= 4 is 11.8 Å². The van der Waals surface area contributed by atoms with Gasteiger partial charge in [0.15, 0.2) is 0 Å². The maximum atomic E-state index is 12.5. The second-order valence-corrected chi connectivity index (χ2v) is 7.22. The highest BCUT2D eigenvalue weighted by Crippen LogP contribution is 2.36. The summed E-state index contributed by atoms with van der Waals surface area (Å²) in [6, 6.07) is 7.52. The molecule has 0 radical (unpaired) electrons. The second kappa shape index (κ2) is 9.30. The minimum Gasteiger partial charge on any atom is -0.356 e. The first-order valence-electron chi connectivity index (χ1n) is 9.54. The molecule has 1 saturated carbocycles. The molecule has 2 aromatic heterocycles. The van der Waals surface area contributed by atoms with E-state index in [1.807, 2.05) is 18.2 Å². The number of aromatic nitrogens is 3. The molecule has 3 rings (SSSR count). The quantitative estimate of drug-likeness (QED) is 0.782. The molecule has 2 aromatic rings. The summed E-state index contributed by atoms with van der Waals surface area (Å²) in [5.74, 6) is 0.813. The highest BCUT2D eigenvalue weighted by atomic mass is 16.2. The molecule has 0 aliphatic heterocycles. The van der Waals surface area contributed by atoms with Crippen molar-refractivity contribution in [3.8, 4) is 0 Å². The highest BCUT2D eigenvalue weighted by Gasteiger charge is 2.30. The van der Waals surface area contributed by atoms with Crippen LogP contribution in [0.25, 0.3) is 0 Å². The largest absolute Gasteiger partial charge is 0.356 e. The highest BCUT2D eigenvalue weighted by molar-refractivity contribution is 5.76. The molecule has 1 aliphatic carbocycles. The number of rotatable bonds is 7.